The first kappa shape index (κ1) is 20.2. The van der Waals surface area contributed by atoms with E-state index in [4.69, 9.17) is 9.47 Å². The molecule has 2 aromatic carbocycles. The van der Waals surface area contributed by atoms with Crippen LogP contribution in [0.3, 0.4) is 0 Å². The number of ether oxygens (including phenoxy) is 2. The van der Waals surface area contributed by atoms with E-state index in [0.717, 1.165) is 11.3 Å². The van der Waals surface area contributed by atoms with Gasteiger partial charge in [0.25, 0.3) is 0 Å². The fourth-order valence-electron chi connectivity index (χ4n) is 2.85. The summed E-state index contributed by atoms with van der Waals surface area (Å²) in [6.45, 7) is 2.78. The second-order valence-electron chi connectivity index (χ2n) is 6.69. The normalized spacial score (nSPS) is 10.3. The molecule has 1 heterocycles. The highest BCUT2D eigenvalue weighted by molar-refractivity contribution is 5.91. The van der Waals surface area contributed by atoms with E-state index < -0.39 is 0 Å². The van der Waals surface area contributed by atoms with Gasteiger partial charge in [0.15, 0.2) is 11.5 Å². The molecule has 1 aromatic heterocycles. The van der Waals surface area contributed by atoms with E-state index >= 15 is 0 Å². The summed E-state index contributed by atoms with van der Waals surface area (Å²) < 4.78 is 10.5. The van der Waals surface area contributed by atoms with E-state index in [1.165, 1.54) is 11.1 Å². The van der Waals surface area contributed by atoms with Crippen LogP contribution >= 0.6 is 0 Å². The van der Waals surface area contributed by atoms with Gasteiger partial charge in [-0.15, -0.1) is 0 Å². The number of pyridine rings is 1. The number of carbonyl (C=O) groups is 1. The number of nitrogens with one attached hydrogen (secondary N) is 2. The van der Waals surface area contributed by atoms with E-state index in [0.29, 0.717) is 23.9 Å². The average Bonchev–Trinajstić information content (AvgIpc) is 2.74. The molecule has 0 atom stereocenters. The van der Waals surface area contributed by atoms with E-state index in [1.54, 1.807) is 38.6 Å². The van der Waals surface area contributed by atoms with Gasteiger partial charge in [-0.05, 0) is 42.3 Å². The van der Waals surface area contributed by atoms with Crippen LogP contribution in [0.4, 0.5) is 11.5 Å². The molecular formula is C23H25N3O3. The second kappa shape index (κ2) is 9.59. The van der Waals surface area contributed by atoms with Crippen LogP contribution in [0.25, 0.3) is 0 Å². The van der Waals surface area contributed by atoms with Crippen LogP contribution in [0.5, 0.6) is 11.5 Å². The van der Waals surface area contributed by atoms with Crippen molar-refractivity contribution in [1.82, 2.24) is 4.98 Å². The number of amides is 1. The summed E-state index contributed by atoms with van der Waals surface area (Å²) in [4.78, 5) is 16.6. The highest BCUT2D eigenvalue weighted by Crippen LogP contribution is 2.27. The summed E-state index contributed by atoms with van der Waals surface area (Å²) >= 11 is 0. The standard InChI is InChI=1S/C23H25N3O3/c1-16-4-6-17(7-5-16)14-24-19-9-11-22(25-15-19)26-23(27)13-18-8-10-20(28-2)21(12-18)29-3/h4-12,15,24H,13-14H2,1-3H3,(H,25,26,27). The Morgan fingerprint density at radius 2 is 1.66 bits per heavy atom. The lowest BCUT2D eigenvalue weighted by Crippen LogP contribution is -2.15. The third kappa shape index (κ3) is 5.72. The van der Waals surface area contributed by atoms with Crippen LogP contribution in [0.1, 0.15) is 16.7 Å². The zero-order valence-electron chi connectivity index (χ0n) is 16.9. The highest BCUT2D eigenvalue weighted by Gasteiger charge is 2.09. The van der Waals surface area contributed by atoms with E-state index in [-0.39, 0.29) is 12.3 Å². The van der Waals surface area contributed by atoms with Gasteiger partial charge in [0.05, 0.1) is 32.5 Å². The molecule has 29 heavy (non-hydrogen) atoms. The van der Waals surface area contributed by atoms with Crippen molar-refractivity contribution in [2.45, 2.75) is 19.9 Å². The maximum absolute atomic E-state index is 12.3. The van der Waals surface area contributed by atoms with Crippen molar-refractivity contribution in [3.63, 3.8) is 0 Å². The van der Waals surface area contributed by atoms with Gasteiger partial charge < -0.3 is 20.1 Å². The second-order valence-corrected chi connectivity index (χ2v) is 6.69. The van der Waals surface area contributed by atoms with E-state index in [2.05, 4.69) is 46.8 Å². The lowest BCUT2D eigenvalue weighted by molar-refractivity contribution is -0.115. The Morgan fingerprint density at radius 3 is 2.31 bits per heavy atom. The number of methoxy groups -OCH3 is 2. The van der Waals surface area contributed by atoms with Crippen LogP contribution < -0.4 is 20.1 Å². The summed E-state index contributed by atoms with van der Waals surface area (Å²) in [5, 5.41) is 6.14. The van der Waals surface area contributed by atoms with Gasteiger partial charge in [0, 0.05) is 6.54 Å². The molecule has 6 heteroatoms. The number of hydrogen-bond donors (Lipinski definition) is 2. The number of aryl methyl sites for hydroxylation is 1. The third-order valence-electron chi connectivity index (χ3n) is 4.46. The zero-order valence-corrected chi connectivity index (χ0v) is 16.9. The molecule has 0 radical (unpaired) electrons. The van der Waals surface area contributed by atoms with Gasteiger partial charge >= 0.3 is 0 Å². The number of anilines is 2. The molecule has 0 saturated heterocycles. The smallest absolute Gasteiger partial charge is 0.229 e. The lowest BCUT2D eigenvalue weighted by Gasteiger charge is -2.10. The van der Waals surface area contributed by atoms with Crippen molar-refractivity contribution in [3.8, 4) is 11.5 Å². The Bertz CT molecular complexity index is 954. The molecule has 0 spiro atoms. The Morgan fingerprint density at radius 1 is 0.931 bits per heavy atom. The number of aromatic nitrogens is 1. The molecular weight excluding hydrogens is 366 g/mol. The summed E-state index contributed by atoms with van der Waals surface area (Å²) in [7, 11) is 3.15. The van der Waals surface area contributed by atoms with Gasteiger partial charge in [-0.25, -0.2) is 4.98 Å². The van der Waals surface area contributed by atoms with Gasteiger partial charge in [-0.1, -0.05) is 35.9 Å². The monoisotopic (exact) mass is 391 g/mol. The topological polar surface area (TPSA) is 72.5 Å². The summed E-state index contributed by atoms with van der Waals surface area (Å²) in [5.74, 6) is 1.59. The Balaban J connectivity index is 1.53. The molecule has 3 aromatic rings. The maximum atomic E-state index is 12.3. The molecule has 150 valence electrons. The maximum Gasteiger partial charge on any atom is 0.229 e. The van der Waals surface area contributed by atoms with Crippen molar-refractivity contribution >= 4 is 17.4 Å². The minimum atomic E-state index is -0.148. The first-order valence-electron chi connectivity index (χ1n) is 9.33. The fourth-order valence-corrected chi connectivity index (χ4v) is 2.85. The van der Waals surface area contributed by atoms with Crippen molar-refractivity contribution in [2.24, 2.45) is 0 Å². The van der Waals surface area contributed by atoms with Gasteiger partial charge in [-0.3, -0.25) is 4.79 Å². The Kier molecular flexibility index (Phi) is 6.68. The quantitative estimate of drug-likeness (QED) is 0.602. The number of nitrogens with zero attached hydrogens (tertiary/aromatic N) is 1. The van der Waals surface area contributed by atoms with Crippen LogP contribution in [0.15, 0.2) is 60.8 Å². The summed E-state index contributed by atoms with van der Waals surface area (Å²) in [6, 6.07) is 17.5. The molecule has 2 N–H and O–H groups in total. The number of carbonyl (C=O) groups excluding carboxylic acids is 1. The number of benzene rings is 2. The molecule has 0 aliphatic rings. The Labute approximate surface area is 170 Å². The van der Waals surface area contributed by atoms with Crippen molar-refractivity contribution < 1.29 is 14.3 Å². The fraction of sp³-hybridized carbons (Fsp3) is 0.217. The minimum absolute atomic E-state index is 0.148. The first-order chi connectivity index (χ1) is 14.1. The van der Waals surface area contributed by atoms with Crippen LogP contribution in [0.2, 0.25) is 0 Å². The van der Waals surface area contributed by atoms with Crippen molar-refractivity contribution in [2.75, 3.05) is 24.9 Å². The third-order valence-corrected chi connectivity index (χ3v) is 4.46. The molecule has 6 nitrogen and oxygen atoms in total. The summed E-state index contributed by atoms with van der Waals surface area (Å²) in [6.07, 6.45) is 1.93. The minimum Gasteiger partial charge on any atom is -0.493 e. The molecule has 0 saturated carbocycles. The van der Waals surface area contributed by atoms with Crippen LogP contribution in [-0.4, -0.2) is 25.1 Å². The molecule has 0 bridgehead atoms. The average molecular weight is 391 g/mol. The highest BCUT2D eigenvalue weighted by atomic mass is 16.5. The number of rotatable bonds is 8. The molecule has 1 amide bonds. The van der Waals surface area contributed by atoms with Crippen LogP contribution in [0, 0.1) is 6.92 Å². The van der Waals surface area contributed by atoms with E-state index in [9.17, 15) is 4.79 Å². The van der Waals surface area contributed by atoms with Gasteiger partial charge in [-0.2, -0.15) is 0 Å². The first-order valence-corrected chi connectivity index (χ1v) is 9.33. The molecule has 0 fully saturated rings. The predicted octanol–water partition coefficient (Wildman–Crippen LogP) is 4.20. The summed E-state index contributed by atoms with van der Waals surface area (Å²) in [5.41, 5.74) is 4.16. The lowest BCUT2D eigenvalue weighted by atomic mass is 10.1. The molecule has 0 unspecified atom stereocenters. The molecule has 0 aliphatic heterocycles. The largest absolute Gasteiger partial charge is 0.493 e. The van der Waals surface area contributed by atoms with Gasteiger partial charge in [0.1, 0.15) is 5.82 Å². The Hall–Kier alpha value is -3.54. The SMILES string of the molecule is COc1ccc(CC(=O)Nc2ccc(NCc3ccc(C)cc3)cn2)cc1OC. The van der Waals surface area contributed by atoms with Crippen LogP contribution in [-0.2, 0) is 17.8 Å². The molecule has 0 aliphatic carbocycles. The zero-order chi connectivity index (χ0) is 20.6. The van der Waals surface area contributed by atoms with Crippen molar-refractivity contribution in [1.29, 1.82) is 0 Å². The van der Waals surface area contributed by atoms with Crippen molar-refractivity contribution in [3.05, 3.63) is 77.5 Å². The van der Waals surface area contributed by atoms with E-state index in [1.807, 2.05) is 12.1 Å². The molecule has 3 rings (SSSR count). The number of hydrogen-bond acceptors (Lipinski definition) is 5. The predicted molar refractivity (Wildman–Crippen MR) is 115 cm³/mol. The van der Waals surface area contributed by atoms with Gasteiger partial charge in [0.2, 0.25) is 5.91 Å².